The Morgan fingerprint density at radius 1 is 1.46 bits per heavy atom. The summed E-state index contributed by atoms with van der Waals surface area (Å²) in [6.45, 7) is 0.966. The van der Waals surface area contributed by atoms with Crippen molar-refractivity contribution in [2.75, 3.05) is 13.7 Å². The van der Waals surface area contributed by atoms with E-state index in [1.54, 1.807) is 18.1 Å². The molecule has 0 radical (unpaired) electrons. The SMILES string of the molecule is COCc1cc(C(=O)N2CCCC2CC(O)c2ccccc2)no1. The van der Waals surface area contributed by atoms with E-state index < -0.39 is 6.10 Å². The maximum absolute atomic E-state index is 12.7. The summed E-state index contributed by atoms with van der Waals surface area (Å²) in [5, 5.41) is 14.3. The predicted molar refractivity (Wildman–Crippen MR) is 87.3 cm³/mol. The number of aromatic nitrogens is 1. The third-order valence-corrected chi connectivity index (χ3v) is 4.38. The van der Waals surface area contributed by atoms with E-state index >= 15 is 0 Å². The molecule has 0 aliphatic carbocycles. The molecule has 0 bridgehead atoms. The number of benzene rings is 1. The number of likely N-dealkylation sites (tertiary alicyclic amines) is 1. The van der Waals surface area contributed by atoms with Crippen LogP contribution in [0, 0.1) is 0 Å². The highest BCUT2D eigenvalue weighted by Gasteiger charge is 2.32. The van der Waals surface area contributed by atoms with E-state index in [0.29, 0.717) is 24.4 Å². The van der Waals surface area contributed by atoms with E-state index in [0.717, 1.165) is 18.4 Å². The third kappa shape index (κ3) is 3.66. The van der Waals surface area contributed by atoms with Gasteiger partial charge >= 0.3 is 0 Å². The van der Waals surface area contributed by atoms with Crippen LogP contribution < -0.4 is 0 Å². The lowest BCUT2D eigenvalue weighted by Crippen LogP contribution is -2.36. The molecular formula is C18H22N2O4. The minimum atomic E-state index is -0.578. The summed E-state index contributed by atoms with van der Waals surface area (Å²) in [4.78, 5) is 14.5. The van der Waals surface area contributed by atoms with Crippen molar-refractivity contribution < 1.29 is 19.2 Å². The van der Waals surface area contributed by atoms with Crippen molar-refractivity contribution in [2.24, 2.45) is 0 Å². The van der Waals surface area contributed by atoms with Crippen LogP contribution in [0.25, 0.3) is 0 Å². The van der Waals surface area contributed by atoms with E-state index in [1.165, 1.54) is 0 Å². The lowest BCUT2D eigenvalue weighted by molar-refractivity contribution is 0.0656. The van der Waals surface area contributed by atoms with Crippen LogP contribution in [0.1, 0.15) is 47.2 Å². The molecule has 6 nitrogen and oxygen atoms in total. The van der Waals surface area contributed by atoms with E-state index in [9.17, 15) is 9.90 Å². The Balaban J connectivity index is 1.67. The first kappa shape index (κ1) is 16.7. The number of aliphatic hydroxyl groups excluding tert-OH is 1. The molecule has 0 saturated carbocycles. The molecule has 1 aromatic carbocycles. The lowest BCUT2D eigenvalue weighted by atomic mass is 10.0. The number of aliphatic hydroxyl groups is 1. The number of carbonyl (C=O) groups is 1. The van der Waals surface area contributed by atoms with Gasteiger partial charge in [-0.25, -0.2) is 0 Å². The van der Waals surface area contributed by atoms with E-state index in [-0.39, 0.29) is 18.6 Å². The molecule has 1 aromatic heterocycles. The molecule has 6 heteroatoms. The van der Waals surface area contributed by atoms with Gasteiger partial charge in [0.1, 0.15) is 6.61 Å². The molecule has 1 N–H and O–H groups in total. The smallest absolute Gasteiger partial charge is 0.276 e. The fourth-order valence-electron chi connectivity index (χ4n) is 3.19. The largest absolute Gasteiger partial charge is 0.388 e. The molecular weight excluding hydrogens is 308 g/mol. The fourth-order valence-corrected chi connectivity index (χ4v) is 3.19. The summed E-state index contributed by atoms with van der Waals surface area (Å²) < 4.78 is 10.1. The number of methoxy groups -OCH3 is 1. The zero-order valence-electron chi connectivity index (χ0n) is 13.7. The topological polar surface area (TPSA) is 75.8 Å². The van der Waals surface area contributed by atoms with Gasteiger partial charge in [0.2, 0.25) is 0 Å². The van der Waals surface area contributed by atoms with Crippen molar-refractivity contribution in [3.8, 4) is 0 Å². The van der Waals surface area contributed by atoms with Crippen molar-refractivity contribution in [2.45, 2.75) is 38.0 Å². The molecule has 3 rings (SSSR count). The van der Waals surface area contributed by atoms with Crippen LogP contribution in [-0.2, 0) is 11.3 Å². The second-order valence-electron chi connectivity index (χ2n) is 6.07. The first-order chi connectivity index (χ1) is 11.7. The normalized spacial score (nSPS) is 18.8. The maximum Gasteiger partial charge on any atom is 0.276 e. The van der Waals surface area contributed by atoms with Crippen LogP contribution in [0.2, 0.25) is 0 Å². The van der Waals surface area contributed by atoms with Gasteiger partial charge in [-0.2, -0.15) is 0 Å². The van der Waals surface area contributed by atoms with Gasteiger partial charge < -0.3 is 19.3 Å². The number of rotatable bonds is 6. The molecule has 2 aromatic rings. The summed E-state index contributed by atoms with van der Waals surface area (Å²) in [5.74, 6) is 0.379. The van der Waals surface area contributed by atoms with Crippen LogP contribution in [0.5, 0.6) is 0 Å². The van der Waals surface area contributed by atoms with Gasteiger partial charge in [-0.15, -0.1) is 0 Å². The highest BCUT2D eigenvalue weighted by molar-refractivity contribution is 5.92. The van der Waals surface area contributed by atoms with Crippen molar-refractivity contribution in [3.63, 3.8) is 0 Å². The van der Waals surface area contributed by atoms with Crippen LogP contribution in [0.4, 0.5) is 0 Å². The molecule has 0 spiro atoms. The molecule has 1 fully saturated rings. The molecule has 24 heavy (non-hydrogen) atoms. The minimum absolute atomic E-state index is 0.00952. The van der Waals surface area contributed by atoms with Gasteiger partial charge in [-0.05, 0) is 24.8 Å². The standard InChI is InChI=1S/C18H22N2O4/c1-23-12-15-11-16(19-24-15)18(22)20-9-5-8-14(20)10-17(21)13-6-3-2-4-7-13/h2-4,6-7,11,14,17,21H,5,8-10,12H2,1H3. The van der Waals surface area contributed by atoms with Crippen molar-refractivity contribution in [3.05, 3.63) is 53.4 Å². The minimum Gasteiger partial charge on any atom is -0.388 e. The molecule has 1 saturated heterocycles. The molecule has 1 amide bonds. The second-order valence-corrected chi connectivity index (χ2v) is 6.07. The summed E-state index contributed by atoms with van der Waals surface area (Å²) in [6.07, 6.45) is 1.77. The van der Waals surface area contributed by atoms with Gasteiger partial charge in [0.15, 0.2) is 11.5 Å². The maximum atomic E-state index is 12.7. The molecule has 2 heterocycles. The van der Waals surface area contributed by atoms with Gasteiger partial charge in [0.05, 0.1) is 6.10 Å². The van der Waals surface area contributed by atoms with E-state index in [2.05, 4.69) is 5.16 Å². The Hall–Kier alpha value is -2.18. The molecule has 2 atom stereocenters. The number of hydrogen-bond donors (Lipinski definition) is 1. The summed E-state index contributed by atoms with van der Waals surface area (Å²) >= 11 is 0. The van der Waals surface area contributed by atoms with E-state index in [4.69, 9.17) is 9.26 Å². The first-order valence-electron chi connectivity index (χ1n) is 8.17. The van der Waals surface area contributed by atoms with Crippen molar-refractivity contribution >= 4 is 5.91 Å². The Morgan fingerprint density at radius 3 is 3.00 bits per heavy atom. The number of ether oxygens (including phenoxy) is 1. The van der Waals surface area contributed by atoms with Gasteiger partial charge in [0, 0.05) is 25.8 Å². The number of hydrogen-bond acceptors (Lipinski definition) is 5. The molecule has 128 valence electrons. The highest BCUT2D eigenvalue weighted by Crippen LogP contribution is 2.28. The Labute approximate surface area is 141 Å². The molecule has 2 unspecified atom stereocenters. The number of amides is 1. The third-order valence-electron chi connectivity index (χ3n) is 4.38. The molecule has 1 aliphatic heterocycles. The van der Waals surface area contributed by atoms with Crippen LogP contribution in [0.15, 0.2) is 40.9 Å². The highest BCUT2D eigenvalue weighted by atomic mass is 16.5. The zero-order valence-corrected chi connectivity index (χ0v) is 13.7. The second kappa shape index (κ2) is 7.59. The summed E-state index contributed by atoms with van der Waals surface area (Å²) in [6, 6.07) is 11.2. The van der Waals surface area contributed by atoms with Crippen LogP contribution in [0.3, 0.4) is 0 Å². The quantitative estimate of drug-likeness (QED) is 0.881. The van der Waals surface area contributed by atoms with Crippen molar-refractivity contribution in [1.82, 2.24) is 10.1 Å². The zero-order chi connectivity index (χ0) is 16.9. The molecule has 1 aliphatic rings. The average molecular weight is 330 g/mol. The van der Waals surface area contributed by atoms with Crippen LogP contribution >= 0.6 is 0 Å². The van der Waals surface area contributed by atoms with E-state index in [1.807, 2.05) is 30.3 Å². The predicted octanol–water partition coefficient (Wildman–Crippen LogP) is 2.55. The number of nitrogens with zero attached hydrogens (tertiary/aromatic N) is 2. The number of carbonyl (C=O) groups excluding carboxylic acids is 1. The lowest BCUT2D eigenvalue weighted by Gasteiger charge is -2.26. The van der Waals surface area contributed by atoms with Crippen molar-refractivity contribution in [1.29, 1.82) is 0 Å². The Morgan fingerprint density at radius 2 is 2.25 bits per heavy atom. The fraction of sp³-hybridized carbons (Fsp3) is 0.444. The average Bonchev–Trinajstić information content (AvgIpc) is 3.25. The Kier molecular flexibility index (Phi) is 5.27. The van der Waals surface area contributed by atoms with Gasteiger partial charge in [-0.3, -0.25) is 4.79 Å². The monoisotopic (exact) mass is 330 g/mol. The van der Waals surface area contributed by atoms with Gasteiger partial charge in [0.25, 0.3) is 5.91 Å². The summed E-state index contributed by atoms with van der Waals surface area (Å²) in [5.41, 5.74) is 1.17. The summed E-state index contributed by atoms with van der Waals surface area (Å²) in [7, 11) is 1.56. The van der Waals surface area contributed by atoms with Gasteiger partial charge in [-0.1, -0.05) is 35.5 Å². The van der Waals surface area contributed by atoms with Crippen LogP contribution in [-0.4, -0.2) is 40.8 Å². The Bertz CT molecular complexity index is 671. The first-order valence-corrected chi connectivity index (χ1v) is 8.17.